The molecule has 1 aromatic carbocycles. The van der Waals surface area contributed by atoms with Gasteiger partial charge < -0.3 is 4.57 Å². The van der Waals surface area contributed by atoms with Crippen molar-refractivity contribution in [2.75, 3.05) is 13.1 Å². The molecule has 3 aliphatic heterocycles. The van der Waals surface area contributed by atoms with Gasteiger partial charge in [-0.15, -0.1) is 0 Å². The summed E-state index contributed by atoms with van der Waals surface area (Å²) in [6.45, 7) is 4.61. The Labute approximate surface area is 125 Å². The van der Waals surface area contributed by atoms with Gasteiger partial charge in [0.15, 0.2) is 0 Å². The van der Waals surface area contributed by atoms with Gasteiger partial charge >= 0.3 is 0 Å². The summed E-state index contributed by atoms with van der Waals surface area (Å²) in [5.41, 5.74) is 4.71. The third kappa shape index (κ3) is 1.32. The second kappa shape index (κ2) is 3.89. The van der Waals surface area contributed by atoms with Crippen LogP contribution in [0.5, 0.6) is 0 Å². The molecule has 3 aliphatic rings. The van der Waals surface area contributed by atoms with Crippen LogP contribution in [0, 0.1) is 5.41 Å². The Bertz CT molecular complexity index is 795. The second-order valence-electron chi connectivity index (χ2n) is 6.58. The third-order valence-electron chi connectivity index (χ3n) is 5.75. The quantitative estimate of drug-likeness (QED) is 0.715. The highest BCUT2D eigenvalue weighted by atomic mass is 15.2. The van der Waals surface area contributed by atoms with E-state index in [2.05, 4.69) is 65.1 Å². The van der Waals surface area contributed by atoms with Crippen molar-refractivity contribution in [2.45, 2.75) is 25.8 Å². The van der Waals surface area contributed by atoms with Crippen molar-refractivity contribution in [1.29, 1.82) is 0 Å². The van der Waals surface area contributed by atoms with Gasteiger partial charge in [0.25, 0.3) is 0 Å². The zero-order valence-electron chi connectivity index (χ0n) is 12.4. The lowest BCUT2D eigenvalue weighted by Gasteiger charge is -2.50. The van der Waals surface area contributed by atoms with Crippen LogP contribution in [0.15, 0.2) is 42.5 Å². The molecular formula is C19H20N2. The summed E-state index contributed by atoms with van der Waals surface area (Å²) in [4.78, 5) is 2.67. The molecule has 106 valence electrons. The van der Waals surface area contributed by atoms with E-state index in [1.165, 1.54) is 30.3 Å². The smallest absolute Gasteiger partial charge is 0.0637 e. The first kappa shape index (κ1) is 11.8. The van der Waals surface area contributed by atoms with Gasteiger partial charge in [-0.2, -0.15) is 0 Å². The number of rotatable bonds is 1. The van der Waals surface area contributed by atoms with Crippen molar-refractivity contribution in [3.63, 3.8) is 0 Å². The molecule has 5 rings (SSSR count). The fourth-order valence-corrected chi connectivity index (χ4v) is 4.71. The summed E-state index contributed by atoms with van der Waals surface area (Å²) in [6, 6.07) is 9.42. The molecule has 2 atom stereocenters. The Morgan fingerprint density at radius 3 is 3.05 bits per heavy atom. The zero-order chi connectivity index (χ0) is 14.0. The molecule has 0 radical (unpaired) electrons. The summed E-state index contributed by atoms with van der Waals surface area (Å²) in [6.07, 6.45) is 11.9. The van der Waals surface area contributed by atoms with Crippen LogP contribution >= 0.6 is 0 Å². The molecular weight excluding hydrogens is 256 g/mol. The predicted molar refractivity (Wildman–Crippen MR) is 87.2 cm³/mol. The van der Waals surface area contributed by atoms with E-state index in [1.807, 2.05) is 0 Å². The molecule has 0 aliphatic carbocycles. The minimum atomic E-state index is 0.192. The number of benzene rings is 1. The van der Waals surface area contributed by atoms with Crippen LogP contribution in [0.2, 0.25) is 0 Å². The minimum Gasteiger partial charge on any atom is -0.319 e. The Morgan fingerprint density at radius 2 is 2.14 bits per heavy atom. The number of fused-ring (bicyclic) bond motifs is 3. The summed E-state index contributed by atoms with van der Waals surface area (Å²) in [7, 11) is 0. The van der Waals surface area contributed by atoms with Gasteiger partial charge in [0.05, 0.1) is 11.6 Å². The minimum absolute atomic E-state index is 0.192. The van der Waals surface area contributed by atoms with E-state index < -0.39 is 0 Å². The summed E-state index contributed by atoms with van der Waals surface area (Å²) in [5.74, 6) is 0. The molecule has 0 bridgehead atoms. The number of aromatic nitrogens is 1. The van der Waals surface area contributed by atoms with Gasteiger partial charge in [-0.1, -0.05) is 43.4 Å². The standard InChI is InChI=1S/C19H20N2/c1-2-19-9-5-11-20-12-8-15-14-6-3-4-7-16(14)21(13-10-19)17(15)18(19)20/h3-7,9-10,13,18H,2,8,11-12H2,1H3/t18-,19-/m0/s1. The largest absolute Gasteiger partial charge is 0.319 e. The highest BCUT2D eigenvalue weighted by Gasteiger charge is 2.46. The highest BCUT2D eigenvalue weighted by molar-refractivity contribution is 5.88. The van der Waals surface area contributed by atoms with Gasteiger partial charge in [0.1, 0.15) is 0 Å². The first-order valence-corrected chi connectivity index (χ1v) is 8.07. The molecule has 0 unspecified atom stereocenters. The first-order valence-electron chi connectivity index (χ1n) is 8.07. The summed E-state index contributed by atoms with van der Waals surface area (Å²) < 4.78 is 2.45. The van der Waals surface area contributed by atoms with Crippen molar-refractivity contribution in [3.8, 4) is 0 Å². The van der Waals surface area contributed by atoms with Crippen molar-refractivity contribution in [3.05, 3.63) is 53.8 Å². The molecule has 0 saturated heterocycles. The van der Waals surface area contributed by atoms with Gasteiger partial charge in [-0.25, -0.2) is 0 Å². The van der Waals surface area contributed by atoms with Crippen LogP contribution in [0.3, 0.4) is 0 Å². The monoisotopic (exact) mass is 276 g/mol. The van der Waals surface area contributed by atoms with Crippen LogP contribution in [-0.2, 0) is 6.42 Å². The molecule has 0 saturated carbocycles. The van der Waals surface area contributed by atoms with E-state index in [4.69, 9.17) is 0 Å². The van der Waals surface area contributed by atoms with Crippen LogP contribution in [0.1, 0.15) is 30.6 Å². The normalized spacial score (nSPS) is 29.9. The molecule has 2 heteroatoms. The van der Waals surface area contributed by atoms with Crippen LogP contribution < -0.4 is 0 Å². The first-order chi connectivity index (χ1) is 10.3. The van der Waals surface area contributed by atoms with Gasteiger partial charge in [-0.3, -0.25) is 4.90 Å². The van der Waals surface area contributed by atoms with Crippen molar-refractivity contribution < 1.29 is 0 Å². The maximum absolute atomic E-state index is 2.67. The number of nitrogens with zero attached hydrogens (tertiary/aromatic N) is 2. The van der Waals surface area contributed by atoms with Crippen LogP contribution in [0.4, 0.5) is 0 Å². The lowest BCUT2D eigenvalue weighted by Crippen LogP contribution is -2.47. The van der Waals surface area contributed by atoms with E-state index in [0.29, 0.717) is 6.04 Å². The van der Waals surface area contributed by atoms with E-state index in [1.54, 1.807) is 11.3 Å². The Hall–Kier alpha value is -1.80. The molecule has 2 aromatic rings. The Morgan fingerprint density at radius 1 is 1.24 bits per heavy atom. The SMILES string of the molecule is CC[C@]12C=CCN3CCc4c(n(c5ccccc45)C=C1)[C@H]32. The second-order valence-corrected chi connectivity index (χ2v) is 6.58. The van der Waals surface area contributed by atoms with E-state index in [-0.39, 0.29) is 5.41 Å². The highest BCUT2D eigenvalue weighted by Crippen LogP contribution is 2.53. The molecule has 0 N–H and O–H groups in total. The maximum atomic E-state index is 2.67. The number of para-hydroxylation sites is 1. The van der Waals surface area contributed by atoms with Gasteiger partial charge in [-0.05, 0) is 24.5 Å². The Balaban J connectivity index is 1.89. The van der Waals surface area contributed by atoms with Gasteiger partial charge in [0, 0.05) is 35.8 Å². The summed E-state index contributed by atoms with van der Waals surface area (Å²) >= 11 is 0. The van der Waals surface area contributed by atoms with E-state index in [0.717, 1.165) is 6.54 Å². The van der Waals surface area contributed by atoms with Gasteiger partial charge in [0.2, 0.25) is 0 Å². The number of hydrogen-bond donors (Lipinski definition) is 0. The molecule has 0 fully saturated rings. The average Bonchev–Trinajstić information content (AvgIpc) is 2.88. The average molecular weight is 276 g/mol. The molecule has 0 amide bonds. The molecule has 0 spiro atoms. The maximum Gasteiger partial charge on any atom is 0.0637 e. The molecule has 1 aromatic heterocycles. The fraction of sp³-hybridized carbons (Fsp3) is 0.368. The Kier molecular flexibility index (Phi) is 2.19. The van der Waals surface area contributed by atoms with E-state index in [9.17, 15) is 0 Å². The summed E-state index contributed by atoms with van der Waals surface area (Å²) in [5, 5.41) is 1.46. The van der Waals surface area contributed by atoms with Crippen molar-refractivity contribution >= 4 is 17.1 Å². The number of hydrogen-bond acceptors (Lipinski definition) is 1. The third-order valence-corrected chi connectivity index (χ3v) is 5.75. The fourth-order valence-electron chi connectivity index (χ4n) is 4.71. The molecule has 4 heterocycles. The lowest BCUT2D eigenvalue weighted by atomic mass is 9.70. The van der Waals surface area contributed by atoms with E-state index >= 15 is 0 Å². The zero-order valence-corrected chi connectivity index (χ0v) is 12.4. The molecule has 2 nitrogen and oxygen atoms in total. The lowest BCUT2D eigenvalue weighted by molar-refractivity contribution is 0.103. The van der Waals surface area contributed by atoms with Crippen molar-refractivity contribution in [1.82, 2.24) is 9.47 Å². The predicted octanol–water partition coefficient (Wildman–Crippen LogP) is 3.99. The van der Waals surface area contributed by atoms with Crippen LogP contribution in [0.25, 0.3) is 17.1 Å². The van der Waals surface area contributed by atoms with Crippen LogP contribution in [-0.4, -0.2) is 22.6 Å². The van der Waals surface area contributed by atoms with Crippen molar-refractivity contribution in [2.24, 2.45) is 5.41 Å². The topological polar surface area (TPSA) is 8.17 Å². The molecule has 21 heavy (non-hydrogen) atoms.